The highest BCUT2D eigenvalue weighted by Crippen LogP contribution is 2.26. The van der Waals surface area contributed by atoms with Gasteiger partial charge in [-0.3, -0.25) is 4.79 Å². The van der Waals surface area contributed by atoms with Gasteiger partial charge in [0.2, 0.25) is 5.95 Å². The van der Waals surface area contributed by atoms with Crippen LogP contribution in [0.4, 0.5) is 28.8 Å². The Balaban J connectivity index is 1.44. The average Bonchev–Trinajstić information content (AvgIpc) is 2.81. The van der Waals surface area contributed by atoms with Crippen molar-refractivity contribution in [3.8, 4) is 0 Å². The summed E-state index contributed by atoms with van der Waals surface area (Å²) >= 11 is 0. The molecular weight excluding hydrogens is 436 g/mol. The molecule has 7 nitrogen and oxygen atoms in total. The lowest BCUT2D eigenvalue weighted by Crippen LogP contribution is -2.44. The van der Waals surface area contributed by atoms with Gasteiger partial charge in [-0.2, -0.15) is 4.98 Å². The Morgan fingerprint density at radius 1 is 0.971 bits per heavy atom. The molecule has 1 aliphatic rings. The molecule has 184 valence electrons. The lowest BCUT2D eigenvalue weighted by atomic mass is 9.88. The number of Topliss-reactive ketones (excluding diaryl/α,β-unsaturated/α-hetero) is 1. The van der Waals surface area contributed by atoms with Gasteiger partial charge in [0.05, 0.1) is 0 Å². The molecule has 7 heteroatoms. The highest BCUT2D eigenvalue weighted by Gasteiger charge is 2.18. The summed E-state index contributed by atoms with van der Waals surface area (Å²) in [6.45, 7) is 12.4. The third-order valence-electron chi connectivity index (χ3n) is 6.10. The van der Waals surface area contributed by atoms with E-state index in [0.717, 1.165) is 43.1 Å². The number of nitrogens with zero attached hydrogens (tertiary/aromatic N) is 4. The van der Waals surface area contributed by atoms with Crippen LogP contribution in [0.3, 0.4) is 0 Å². The van der Waals surface area contributed by atoms with E-state index in [4.69, 9.17) is 0 Å². The number of aromatic nitrogens is 2. The summed E-state index contributed by atoms with van der Waals surface area (Å²) in [6, 6.07) is 16.0. The summed E-state index contributed by atoms with van der Waals surface area (Å²) in [5, 5.41) is 6.66. The van der Waals surface area contributed by atoms with Gasteiger partial charge in [0.15, 0.2) is 5.78 Å². The highest BCUT2D eigenvalue weighted by molar-refractivity contribution is 5.97. The summed E-state index contributed by atoms with van der Waals surface area (Å²) in [5.41, 5.74) is 4.58. The van der Waals surface area contributed by atoms with Gasteiger partial charge in [-0.1, -0.05) is 32.9 Å². The van der Waals surface area contributed by atoms with Gasteiger partial charge in [0.1, 0.15) is 5.82 Å². The van der Waals surface area contributed by atoms with Crippen LogP contribution in [0.5, 0.6) is 0 Å². The average molecular weight is 473 g/mol. The summed E-state index contributed by atoms with van der Waals surface area (Å²) < 4.78 is 0. The normalized spacial score (nSPS) is 14.6. The zero-order valence-electron chi connectivity index (χ0n) is 21.4. The number of likely N-dealkylation sites (N-methyl/N-ethyl adjacent to an activating group) is 1. The van der Waals surface area contributed by atoms with Crippen molar-refractivity contribution in [2.24, 2.45) is 5.41 Å². The maximum Gasteiger partial charge on any atom is 0.229 e. The summed E-state index contributed by atoms with van der Waals surface area (Å²) in [4.78, 5) is 26.6. The zero-order chi connectivity index (χ0) is 25.0. The van der Waals surface area contributed by atoms with Crippen molar-refractivity contribution in [2.75, 3.05) is 48.8 Å². The molecule has 1 saturated heterocycles. The minimum atomic E-state index is -0.0486. The third-order valence-corrected chi connectivity index (χ3v) is 6.10. The number of hydrogen-bond donors (Lipinski definition) is 2. The first-order valence-electron chi connectivity index (χ1n) is 12.2. The van der Waals surface area contributed by atoms with Crippen LogP contribution in [0.15, 0.2) is 54.7 Å². The number of nitrogens with one attached hydrogen (secondary N) is 2. The van der Waals surface area contributed by atoms with Crippen LogP contribution >= 0.6 is 0 Å². The van der Waals surface area contributed by atoms with Gasteiger partial charge in [-0.05, 0) is 55.8 Å². The molecule has 0 bridgehead atoms. The number of carbonyl (C=O) groups excluding carboxylic acids is 1. The minimum Gasteiger partial charge on any atom is -0.369 e. The maximum absolute atomic E-state index is 12.7. The van der Waals surface area contributed by atoms with Gasteiger partial charge in [0, 0.05) is 67.0 Å². The van der Waals surface area contributed by atoms with Crippen LogP contribution in [0.1, 0.15) is 43.1 Å². The van der Waals surface area contributed by atoms with Crippen LogP contribution in [-0.2, 0) is 0 Å². The summed E-state index contributed by atoms with van der Waals surface area (Å²) in [7, 11) is 2.17. The number of ketones is 1. The van der Waals surface area contributed by atoms with Crippen molar-refractivity contribution in [1.82, 2.24) is 14.9 Å². The predicted molar refractivity (Wildman–Crippen MR) is 144 cm³/mol. The standard InChI is InChI=1S/C28H36N6O/c1-20-19-29-27(31-22-9-11-24(12-10-22)34-15-13-33(5)14-16-34)32-26(20)30-23-8-6-7-21(17-23)25(35)18-28(2,3)4/h6-12,17,19H,13-16,18H2,1-5H3,(H2,29,30,31,32). The second-order valence-corrected chi connectivity index (χ2v) is 10.6. The van der Waals surface area contributed by atoms with Crippen molar-refractivity contribution >= 4 is 34.6 Å². The van der Waals surface area contributed by atoms with Crippen LogP contribution in [0.2, 0.25) is 0 Å². The Kier molecular flexibility index (Phi) is 7.36. The number of aryl methyl sites for hydroxylation is 1. The first kappa shape index (κ1) is 24.7. The number of piperazine rings is 1. The van der Waals surface area contributed by atoms with Gasteiger partial charge < -0.3 is 20.4 Å². The van der Waals surface area contributed by atoms with E-state index >= 15 is 0 Å². The second kappa shape index (κ2) is 10.4. The smallest absolute Gasteiger partial charge is 0.229 e. The quantitative estimate of drug-likeness (QED) is 0.431. The second-order valence-electron chi connectivity index (χ2n) is 10.6. The molecule has 0 saturated carbocycles. The van der Waals surface area contributed by atoms with Gasteiger partial charge >= 0.3 is 0 Å². The first-order valence-corrected chi connectivity index (χ1v) is 12.2. The van der Waals surface area contributed by atoms with E-state index < -0.39 is 0 Å². The fourth-order valence-corrected chi connectivity index (χ4v) is 4.07. The molecule has 0 atom stereocenters. The topological polar surface area (TPSA) is 73.4 Å². The molecule has 1 aliphatic heterocycles. The summed E-state index contributed by atoms with van der Waals surface area (Å²) in [5.74, 6) is 1.37. The fraction of sp³-hybridized carbons (Fsp3) is 0.393. The van der Waals surface area contributed by atoms with E-state index in [1.165, 1.54) is 5.69 Å². The molecule has 2 N–H and O–H groups in total. The molecule has 2 heterocycles. The van der Waals surface area contributed by atoms with Crippen molar-refractivity contribution < 1.29 is 4.79 Å². The molecule has 0 spiro atoms. The van der Waals surface area contributed by atoms with Crippen molar-refractivity contribution in [2.45, 2.75) is 34.1 Å². The Morgan fingerprint density at radius 2 is 1.69 bits per heavy atom. The Bertz CT molecular complexity index is 1160. The van der Waals surface area contributed by atoms with E-state index in [0.29, 0.717) is 23.8 Å². The van der Waals surface area contributed by atoms with Crippen LogP contribution < -0.4 is 15.5 Å². The summed E-state index contributed by atoms with van der Waals surface area (Å²) in [6.07, 6.45) is 2.30. The molecule has 0 unspecified atom stereocenters. The molecule has 0 radical (unpaired) electrons. The lowest BCUT2D eigenvalue weighted by Gasteiger charge is -2.34. The van der Waals surface area contributed by atoms with Crippen molar-refractivity contribution in [3.05, 3.63) is 65.9 Å². The maximum atomic E-state index is 12.7. The van der Waals surface area contributed by atoms with Gasteiger partial charge in [-0.25, -0.2) is 4.98 Å². The molecule has 2 aromatic carbocycles. The molecular formula is C28H36N6O. The fourth-order valence-electron chi connectivity index (χ4n) is 4.07. The largest absolute Gasteiger partial charge is 0.369 e. The predicted octanol–water partition coefficient (Wildman–Crippen LogP) is 5.64. The zero-order valence-corrected chi connectivity index (χ0v) is 21.4. The monoisotopic (exact) mass is 472 g/mol. The van der Waals surface area contributed by atoms with E-state index in [-0.39, 0.29) is 11.2 Å². The molecule has 4 rings (SSSR count). The van der Waals surface area contributed by atoms with Crippen molar-refractivity contribution in [3.63, 3.8) is 0 Å². The highest BCUT2D eigenvalue weighted by atomic mass is 16.1. The van der Waals surface area contributed by atoms with Crippen molar-refractivity contribution in [1.29, 1.82) is 0 Å². The number of benzene rings is 2. The number of rotatable bonds is 7. The molecule has 1 aromatic heterocycles. The number of carbonyl (C=O) groups is 1. The van der Waals surface area contributed by atoms with Crippen LogP contribution in [0.25, 0.3) is 0 Å². The van der Waals surface area contributed by atoms with Gasteiger partial charge in [0.25, 0.3) is 0 Å². The molecule has 1 fully saturated rings. The first-order chi connectivity index (χ1) is 16.7. The molecule has 0 amide bonds. The number of anilines is 5. The Morgan fingerprint density at radius 3 is 2.37 bits per heavy atom. The Hall–Kier alpha value is -3.45. The van der Waals surface area contributed by atoms with E-state index in [2.05, 4.69) is 82.5 Å². The molecule has 3 aromatic rings. The minimum absolute atomic E-state index is 0.0486. The van der Waals surface area contributed by atoms with E-state index in [9.17, 15) is 4.79 Å². The van der Waals surface area contributed by atoms with Gasteiger partial charge in [-0.15, -0.1) is 0 Å². The molecule has 0 aliphatic carbocycles. The van der Waals surface area contributed by atoms with Crippen LogP contribution in [0, 0.1) is 12.3 Å². The Labute approximate surface area is 208 Å². The number of hydrogen-bond acceptors (Lipinski definition) is 7. The van der Waals surface area contributed by atoms with E-state index in [1.807, 2.05) is 31.2 Å². The van der Waals surface area contributed by atoms with E-state index in [1.54, 1.807) is 6.20 Å². The lowest BCUT2D eigenvalue weighted by molar-refractivity contribution is 0.0940. The third kappa shape index (κ3) is 6.79. The van der Waals surface area contributed by atoms with Crippen LogP contribution in [-0.4, -0.2) is 53.9 Å². The molecule has 35 heavy (non-hydrogen) atoms. The SMILES string of the molecule is Cc1cnc(Nc2ccc(N3CCN(C)CC3)cc2)nc1Nc1cccc(C(=O)CC(C)(C)C)c1.